The highest BCUT2D eigenvalue weighted by Gasteiger charge is 2.18. The topological polar surface area (TPSA) is 12.9 Å². The lowest BCUT2D eigenvalue weighted by Gasteiger charge is -2.21. The third-order valence-electron chi connectivity index (χ3n) is 3.24. The first-order valence-corrected chi connectivity index (χ1v) is 7.22. The summed E-state index contributed by atoms with van der Waals surface area (Å²) in [4.78, 5) is 3.99. The van der Waals surface area contributed by atoms with E-state index in [0.717, 1.165) is 23.4 Å². The number of hydrogen-bond donors (Lipinski definition) is 0. The molecular weight excluding hydrogens is 253 g/mol. The predicted molar refractivity (Wildman–Crippen MR) is 75.9 cm³/mol. The molecule has 0 fully saturated rings. The lowest BCUT2D eigenvalue weighted by Crippen LogP contribution is -2.17. The van der Waals surface area contributed by atoms with Crippen molar-refractivity contribution in [2.45, 2.75) is 51.3 Å². The second-order valence-corrected chi connectivity index (χ2v) is 5.47. The minimum Gasteiger partial charge on any atom is -0.263 e. The first-order valence-electron chi connectivity index (χ1n) is 6.41. The number of nitrogens with zero attached hydrogens (tertiary/aromatic N) is 1. The predicted octanol–water partition coefficient (Wildman–Crippen LogP) is 5.10. The second kappa shape index (κ2) is 7.94. The van der Waals surface area contributed by atoms with Crippen LogP contribution in [-0.4, -0.2) is 10.4 Å². The molecule has 1 rings (SSSR count). The van der Waals surface area contributed by atoms with Crippen molar-refractivity contribution in [2.24, 2.45) is 5.92 Å². The molecule has 1 aromatic rings. The highest BCUT2D eigenvalue weighted by molar-refractivity contribution is 6.31. The van der Waals surface area contributed by atoms with Crippen molar-refractivity contribution < 1.29 is 0 Å². The molecule has 0 aliphatic carbocycles. The van der Waals surface area contributed by atoms with Gasteiger partial charge in [0.15, 0.2) is 0 Å². The summed E-state index contributed by atoms with van der Waals surface area (Å²) in [7, 11) is 0. The Morgan fingerprint density at radius 1 is 1.35 bits per heavy atom. The number of halogens is 2. The van der Waals surface area contributed by atoms with E-state index < -0.39 is 0 Å². The highest BCUT2D eigenvalue weighted by Crippen LogP contribution is 2.26. The molecule has 0 N–H and O–H groups in total. The molecule has 0 aromatic carbocycles. The van der Waals surface area contributed by atoms with Gasteiger partial charge >= 0.3 is 0 Å². The van der Waals surface area contributed by atoms with E-state index in [0.29, 0.717) is 5.92 Å². The minimum atomic E-state index is 0.173. The van der Waals surface area contributed by atoms with Gasteiger partial charge in [0.05, 0.1) is 5.02 Å². The molecule has 1 nitrogen and oxygen atoms in total. The molecule has 2 unspecified atom stereocenters. The Labute approximate surface area is 115 Å². The van der Waals surface area contributed by atoms with Crippen molar-refractivity contribution >= 4 is 23.2 Å². The van der Waals surface area contributed by atoms with Crippen LogP contribution in [0.2, 0.25) is 5.02 Å². The standard InChI is InChI=1S/C14H21Cl2N/c1-3-5-6-11(4-2)13(15)9-12-7-8-17-10-14(12)16/h7-8,10-11,13H,3-6,9H2,1-2H3. The van der Waals surface area contributed by atoms with Crippen LogP contribution in [0, 0.1) is 5.92 Å². The molecule has 3 heteroatoms. The summed E-state index contributed by atoms with van der Waals surface area (Å²) >= 11 is 12.6. The summed E-state index contributed by atoms with van der Waals surface area (Å²) in [6.07, 6.45) is 9.14. The number of rotatable bonds is 7. The van der Waals surface area contributed by atoms with Crippen molar-refractivity contribution in [2.75, 3.05) is 0 Å². The quantitative estimate of drug-likeness (QED) is 0.630. The van der Waals surface area contributed by atoms with Gasteiger partial charge in [0.2, 0.25) is 0 Å². The smallest absolute Gasteiger partial charge is 0.0621 e. The molecular formula is C14H21Cl2N. The van der Waals surface area contributed by atoms with Gasteiger partial charge in [0.25, 0.3) is 0 Å². The minimum absolute atomic E-state index is 0.173. The van der Waals surface area contributed by atoms with Crippen LogP contribution >= 0.6 is 23.2 Å². The Morgan fingerprint density at radius 2 is 2.12 bits per heavy atom. The Bertz CT molecular complexity index is 328. The second-order valence-electron chi connectivity index (χ2n) is 4.50. The van der Waals surface area contributed by atoms with Gasteiger partial charge in [-0.2, -0.15) is 0 Å². The van der Waals surface area contributed by atoms with Crippen LogP contribution in [0.4, 0.5) is 0 Å². The Balaban J connectivity index is 2.57. The first-order chi connectivity index (χ1) is 8.19. The molecule has 0 aliphatic rings. The fourth-order valence-electron chi connectivity index (χ4n) is 2.05. The van der Waals surface area contributed by atoms with Crippen LogP contribution in [0.5, 0.6) is 0 Å². The van der Waals surface area contributed by atoms with E-state index >= 15 is 0 Å². The molecule has 0 radical (unpaired) electrons. The van der Waals surface area contributed by atoms with Gasteiger partial charge in [-0.15, -0.1) is 11.6 Å². The van der Waals surface area contributed by atoms with Crippen LogP contribution in [-0.2, 0) is 6.42 Å². The summed E-state index contributed by atoms with van der Waals surface area (Å²) in [5.74, 6) is 0.584. The van der Waals surface area contributed by atoms with Crippen molar-refractivity contribution in [3.63, 3.8) is 0 Å². The molecule has 1 heterocycles. The molecule has 0 saturated carbocycles. The summed E-state index contributed by atoms with van der Waals surface area (Å²) in [5.41, 5.74) is 1.11. The zero-order valence-electron chi connectivity index (χ0n) is 10.6. The van der Waals surface area contributed by atoms with E-state index in [-0.39, 0.29) is 5.38 Å². The monoisotopic (exact) mass is 273 g/mol. The summed E-state index contributed by atoms with van der Waals surface area (Å²) in [5, 5.41) is 0.898. The number of alkyl halides is 1. The van der Waals surface area contributed by atoms with Gasteiger partial charge in [-0.05, 0) is 30.4 Å². The van der Waals surface area contributed by atoms with Crippen LogP contribution in [0.3, 0.4) is 0 Å². The number of pyridine rings is 1. The van der Waals surface area contributed by atoms with Gasteiger partial charge in [-0.25, -0.2) is 0 Å². The third kappa shape index (κ3) is 4.85. The molecule has 96 valence electrons. The Hall–Kier alpha value is -0.270. The highest BCUT2D eigenvalue weighted by atomic mass is 35.5. The fraction of sp³-hybridized carbons (Fsp3) is 0.643. The number of hydrogen-bond acceptors (Lipinski definition) is 1. The van der Waals surface area contributed by atoms with E-state index in [1.165, 1.54) is 19.3 Å². The van der Waals surface area contributed by atoms with E-state index in [9.17, 15) is 0 Å². The largest absolute Gasteiger partial charge is 0.263 e. The molecule has 0 saturated heterocycles. The van der Waals surface area contributed by atoms with Gasteiger partial charge in [-0.3, -0.25) is 4.98 Å². The maximum atomic E-state index is 6.51. The zero-order chi connectivity index (χ0) is 12.7. The Morgan fingerprint density at radius 3 is 2.71 bits per heavy atom. The van der Waals surface area contributed by atoms with Crippen molar-refractivity contribution in [3.05, 3.63) is 29.0 Å². The first kappa shape index (κ1) is 14.8. The van der Waals surface area contributed by atoms with Gasteiger partial charge < -0.3 is 0 Å². The van der Waals surface area contributed by atoms with Gasteiger partial charge in [-0.1, -0.05) is 44.7 Å². The van der Waals surface area contributed by atoms with E-state index in [1.807, 2.05) is 6.07 Å². The lowest BCUT2D eigenvalue weighted by atomic mass is 9.92. The van der Waals surface area contributed by atoms with Crippen LogP contribution in [0.1, 0.15) is 45.1 Å². The molecule has 1 aromatic heterocycles. The molecule has 0 spiro atoms. The van der Waals surface area contributed by atoms with Crippen LogP contribution < -0.4 is 0 Å². The van der Waals surface area contributed by atoms with Crippen LogP contribution in [0.15, 0.2) is 18.5 Å². The van der Waals surface area contributed by atoms with Crippen molar-refractivity contribution in [3.8, 4) is 0 Å². The summed E-state index contributed by atoms with van der Waals surface area (Å²) in [6, 6.07) is 1.96. The van der Waals surface area contributed by atoms with Gasteiger partial charge in [0, 0.05) is 17.8 Å². The SMILES string of the molecule is CCCCC(CC)C(Cl)Cc1ccncc1Cl. The Kier molecular flexibility index (Phi) is 6.91. The third-order valence-corrected chi connectivity index (χ3v) is 4.09. The maximum Gasteiger partial charge on any atom is 0.0621 e. The zero-order valence-corrected chi connectivity index (χ0v) is 12.1. The molecule has 17 heavy (non-hydrogen) atoms. The maximum absolute atomic E-state index is 6.51. The molecule has 0 bridgehead atoms. The molecule has 0 amide bonds. The van der Waals surface area contributed by atoms with E-state index in [2.05, 4.69) is 18.8 Å². The summed E-state index contributed by atoms with van der Waals surface area (Å²) in [6.45, 7) is 4.43. The van der Waals surface area contributed by atoms with Crippen molar-refractivity contribution in [1.82, 2.24) is 4.98 Å². The van der Waals surface area contributed by atoms with Gasteiger partial charge in [0.1, 0.15) is 0 Å². The summed E-state index contributed by atoms with van der Waals surface area (Å²) < 4.78 is 0. The van der Waals surface area contributed by atoms with Crippen molar-refractivity contribution in [1.29, 1.82) is 0 Å². The average molecular weight is 274 g/mol. The average Bonchev–Trinajstić information content (AvgIpc) is 2.33. The van der Waals surface area contributed by atoms with Crippen LogP contribution in [0.25, 0.3) is 0 Å². The van der Waals surface area contributed by atoms with E-state index in [1.54, 1.807) is 12.4 Å². The molecule has 0 aliphatic heterocycles. The molecule has 2 atom stereocenters. The van der Waals surface area contributed by atoms with E-state index in [4.69, 9.17) is 23.2 Å². The number of unbranched alkanes of at least 4 members (excludes halogenated alkanes) is 1. The number of aromatic nitrogens is 1. The fourth-order valence-corrected chi connectivity index (χ4v) is 2.72. The normalized spacial score (nSPS) is 14.6. The lowest BCUT2D eigenvalue weighted by molar-refractivity contribution is 0.428.